The van der Waals surface area contributed by atoms with Crippen LogP contribution in [0.2, 0.25) is 5.02 Å². The van der Waals surface area contributed by atoms with Crippen LogP contribution in [-0.2, 0) is 0 Å². The Labute approximate surface area is 221 Å². The topological polar surface area (TPSA) is 58.0 Å². The lowest BCUT2D eigenvalue weighted by atomic mass is 9.91. The van der Waals surface area contributed by atoms with Gasteiger partial charge in [-0.25, -0.2) is 9.97 Å². The fourth-order valence-electron chi connectivity index (χ4n) is 5.67. The van der Waals surface area contributed by atoms with Gasteiger partial charge in [0.25, 0.3) is 0 Å². The van der Waals surface area contributed by atoms with Crippen LogP contribution in [0, 0.1) is 0 Å². The largest absolute Gasteiger partial charge is 0.355 e. The van der Waals surface area contributed by atoms with Crippen molar-refractivity contribution in [3.63, 3.8) is 0 Å². The highest BCUT2D eigenvalue weighted by atomic mass is 35.5. The van der Waals surface area contributed by atoms with Gasteiger partial charge in [-0.05, 0) is 55.3 Å². The van der Waals surface area contributed by atoms with Crippen molar-refractivity contribution < 1.29 is 0 Å². The first-order valence-electron chi connectivity index (χ1n) is 12.9. The zero-order valence-corrected chi connectivity index (χ0v) is 21.2. The van der Waals surface area contributed by atoms with Crippen LogP contribution in [0.15, 0.2) is 79.1 Å². The van der Waals surface area contributed by atoms with Crippen LogP contribution in [0.4, 0.5) is 11.6 Å². The van der Waals surface area contributed by atoms with E-state index < -0.39 is 0 Å². The van der Waals surface area contributed by atoms with Crippen LogP contribution >= 0.6 is 11.6 Å². The number of piperidine rings is 1. The smallest absolute Gasteiger partial charge is 0.150 e. The van der Waals surface area contributed by atoms with Crippen LogP contribution in [0.25, 0.3) is 21.8 Å². The number of halogens is 1. The number of anilines is 2. The molecule has 0 saturated carbocycles. The van der Waals surface area contributed by atoms with Crippen molar-refractivity contribution in [3.05, 3.63) is 95.5 Å². The van der Waals surface area contributed by atoms with Gasteiger partial charge in [0, 0.05) is 71.9 Å². The van der Waals surface area contributed by atoms with E-state index in [4.69, 9.17) is 31.5 Å². The molecule has 0 atom stereocenters. The molecule has 0 amide bonds. The first-order valence-corrected chi connectivity index (χ1v) is 13.3. The molecule has 2 saturated heterocycles. The average Bonchev–Trinajstić information content (AvgIpc) is 2.92. The number of para-hydroxylation sites is 1. The Morgan fingerprint density at radius 3 is 2.38 bits per heavy atom. The number of rotatable bonds is 4. The Balaban J connectivity index is 1.04. The Bertz CT molecular complexity index is 1590. The monoisotopic (exact) mass is 506 g/mol. The lowest BCUT2D eigenvalue weighted by Gasteiger charge is -2.41. The van der Waals surface area contributed by atoms with Crippen molar-refractivity contribution in [1.82, 2.24) is 19.9 Å². The molecule has 2 aliphatic heterocycles. The maximum atomic E-state index is 6.13. The fraction of sp³-hybridized carbons (Fsp3) is 0.267. The van der Waals surface area contributed by atoms with Crippen LogP contribution in [-0.4, -0.2) is 46.1 Å². The molecule has 5 aromatic rings. The quantitative estimate of drug-likeness (QED) is 0.288. The zero-order chi connectivity index (χ0) is 24.8. The van der Waals surface area contributed by atoms with Gasteiger partial charge >= 0.3 is 0 Å². The molecule has 2 fully saturated rings. The van der Waals surface area contributed by atoms with Crippen molar-refractivity contribution in [2.24, 2.45) is 0 Å². The molecule has 0 N–H and O–H groups in total. The summed E-state index contributed by atoms with van der Waals surface area (Å²) in [6.07, 6.45) is 5.79. The second-order valence-corrected chi connectivity index (χ2v) is 10.5. The molecule has 0 bridgehead atoms. The number of nitrogens with zero attached hydrogens (tertiary/aromatic N) is 6. The van der Waals surface area contributed by atoms with Crippen molar-refractivity contribution in [2.75, 3.05) is 36.0 Å². The summed E-state index contributed by atoms with van der Waals surface area (Å²) in [6.45, 7) is 3.73. The Morgan fingerprint density at radius 2 is 1.49 bits per heavy atom. The molecular formula is C30H27ClN6. The third kappa shape index (κ3) is 4.25. The van der Waals surface area contributed by atoms with Crippen LogP contribution in [0.3, 0.4) is 0 Å². The molecule has 2 aromatic carbocycles. The highest BCUT2D eigenvalue weighted by Crippen LogP contribution is 2.36. The summed E-state index contributed by atoms with van der Waals surface area (Å²) in [4.78, 5) is 24.1. The van der Waals surface area contributed by atoms with E-state index in [1.54, 1.807) is 0 Å². The van der Waals surface area contributed by atoms with E-state index in [1.165, 1.54) is 11.1 Å². The van der Waals surface area contributed by atoms with Gasteiger partial charge in [0.2, 0.25) is 0 Å². The van der Waals surface area contributed by atoms with Gasteiger partial charge in [-0.15, -0.1) is 0 Å². The van der Waals surface area contributed by atoms with Crippen molar-refractivity contribution in [1.29, 1.82) is 0 Å². The Morgan fingerprint density at radius 1 is 0.703 bits per heavy atom. The summed E-state index contributed by atoms with van der Waals surface area (Å²) in [6, 6.07) is 22.8. The molecule has 7 rings (SSSR count). The Kier molecular flexibility index (Phi) is 5.62. The second-order valence-electron chi connectivity index (χ2n) is 10.1. The van der Waals surface area contributed by atoms with E-state index in [2.05, 4.69) is 58.3 Å². The highest BCUT2D eigenvalue weighted by Gasteiger charge is 2.34. The van der Waals surface area contributed by atoms with E-state index in [9.17, 15) is 0 Å². The number of hydrogen-bond donors (Lipinski definition) is 0. The molecule has 37 heavy (non-hydrogen) atoms. The molecule has 7 heteroatoms. The van der Waals surface area contributed by atoms with E-state index in [0.717, 1.165) is 77.8 Å². The Hall–Kier alpha value is -3.77. The van der Waals surface area contributed by atoms with Crippen LogP contribution < -0.4 is 9.80 Å². The molecular weight excluding hydrogens is 480 g/mol. The number of benzene rings is 2. The molecule has 0 aliphatic carbocycles. The summed E-state index contributed by atoms with van der Waals surface area (Å²) in [5.41, 5.74) is 4.36. The minimum absolute atomic E-state index is 0.353. The number of hydrogen-bond acceptors (Lipinski definition) is 6. The van der Waals surface area contributed by atoms with Gasteiger partial charge in [0.1, 0.15) is 5.82 Å². The van der Waals surface area contributed by atoms with E-state index in [1.807, 2.05) is 30.6 Å². The van der Waals surface area contributed by atoms with E-state index in [0.29, 0.717) is 11.8 Å². The average molecular weight is 507 g/mol. The number of fused-ring (bicyclic) bond motifs is 2. The van der Waals surface area contributed by atoms with E-state index in [-0.39, 0.29) is 0 Å². The second kappa shape index (κ2) is 9.27. The number of aromatic nitrogens is 4. The van der Waals surface area contributed by atoms with Gasteiger partial charge in [-0.2, -0.15) is 0 Å². The van der Waals surface area contributed by atoms with Crippen LogP contribution in [0.5, 0.6) is 0 Å². The highest BCUT2D eigenvalue weighted by molar-refractivity contribution is 6.31. The summed E-state index contributed by atoms with van der Waals surface area (Å²) in [7, 11) is 0. The molecule has 5 heterocycles. The summed E-state index contributed by atoms with van der Waals surface area (Å²) < 4.78 is 0. The van der Waals surface area contributed by atoms with Gasteiger partial charge in [0.15, 0.2) is 5.82 Å². The third-order valence-corrected chi connectivity index (χ3v) is 8.00. The lowest BCUT2D eigenvalue weighted by molar-refractivity contribution is 0.480. The minimum Gasteiger partial charge on any atom is -0.355 e. The summed E-state index contributed by atoms with van der Waals surface area (Å²) in [5, 5.41) is 3.00. The zero-order valence-electron chi connectivity index (χ0n) is 20.5. The van der Waals surface area contributed by atoms with Crippen molar-refractivity contribution in [3.8, 4) is 0 Å². The fourth-order valence-corrected chi connectivity index (χ4v) is 5.85. The SMILES string of the molecule is Clc1ccc2nc(N3CC(c4nccnc4N4CCC(c5ccc6ccccc6n5)CC4)C3)ccc2c1. The van der Waals surface area contributed by atoms with E-state index >= 15 is 0 Å². The predicted molar refractivity (Wildman–Crippen MR) is 150 cm³/mol. The van der Waals surface area contributed by atoms with Gasteiger partial charge < -0.3 is 9.80 Å². The summed E-state index contributed by atoms with van der Waals surface area (Å²) in [5.74, 6) is 2.87. The lowest BCUT2D eigenvalue weighted by Crippen LogP contribution is -2.47. The first-order chi connectivity index (χ1) is 18.2. The maximum absolute atomic E-state index is 6.13. The molecule has 184 valence electrons. The minimum atomic E-state index is 0.353. The molecule has 6 nitrogen and oxygen atoms in total. The van der Waals surface area contributed by atoms with Gasteiger partial charge in [0.05, 0.1) is 16.7 Å². The van der Waals surface area contributed by atoms with Crippen LogP contribution in [0.1, 0.15) is 36.1 Å². The standard InChI is InChI=1S/C30H27ClN6/c31-24-7-9-27-22(17-24)6-10-28(35-27)37-18-23(19-37)29-30(33-14-13-32-29)36-15-11-21(12-16-36)26-8-5-20-3-1-2-4-25(20)34-26/h1-10,13-14,17,21,23H,11-12,15-16,18-19H2. The third-order valence-electron chi connectivity index (χ3n) is 7.77. The maximum Gasteiger partial charge on any atom is 0.150 e. The molecule has 0 unspecified atom stereocenters. The predicted octanol–water partition coefficient (Wildman–Crippen LogP) is 6.21. The number of pyridine rings is 2. The van der Waals surface area contributed by atoms with Gasteiger partial charge in [-0.1, -0.05) is 35.9 Å². The summed E-state index contributed by atoms with van der Waals surface area (Å²) >= 11 is 6.13. The normalized spacial score (nSPS) is 16.9. The molecule has 2 aliphatic rings. The van der Waals surface area contributed by atoms with Gasteiger partial charge in [-0.3, -0.25) is 9.97 Å². The first kappa shape index (κ1) is 22.4. The molecule has 0 radical (unpaired) electrons. The van der Waals surface area contributed by atoms with Crippen molar-refractivity contribution >= 4 is 45.0 Å². The van der Waals surface area contributed by atoms with Crippen molar-refractivity contribution in [2.45, 2.75) is 24.7 Å². The molecule has 3 aromatic heterocycles. The molecule has 0 spiro atoms.